The van der Waals surface area contributed by atoms with Gasteiger partial charge in [-0.2, -0.15) is 5.10 Å². The van der Waals surface area contributed by atoms with Gasteiger partial charge in [0.15, 0.2) is 0 Å². The molecule has 0 saturated carbocycles. The van der Waals surface area contributed by atoms with Crippen molar-refractivity contribution < 1.29 is 19.1 Å². The Labute approximate surface area is 230 Å². The fraction of sp³-hybridized carbons (Fsp3) is 0.655. The average Bonchev–Trinajstić information content (AvgIpc) is 3.20. The van der Waals surface area contributed by atoms with E-state index in [1.165, 1.54) is 18.4 Å². The number of nitrogens with one attached hydrogen (secondary N) is 1. The van der Waals surface area contributed by atoms with Gasteiger partial charge in [-0.15, -0.1) is 0 Å². The molecule has 1 atom stereocenters. The Kier molecular flexibility index (Phi) is 7.96. The molecule has 3 fully saturated rings. The largest absolute Gasteiger partial charge is 0.444 e. The number of likely N-dealkylation sites (tertiary alicyclic amines) is 1. The lowest BCUT2D eigenvalue weighted by Crippen LogP contribution is -2.51. The third kappa shape index (κ3) is 6.61. The van der Waals surface area contributed by atoms with Crippen LogP contribution >= 0.6 is 0 Å². The number of amides is 3. The summed E-state index contributed by atoms with van der Waals surface area (Å²) in [6.45, 7) is 13.2. The van der Waals surface area contributed by atoms with Gasteiger partial charge < -0.3 is 9.64 Å². The van der Waals surface area contributed by atoms with E-state index in [1.807, 2.05) is 37.4 Å². The first-order chi connectivity index (χ1) is 18.6. The van der Waals surface area contributed by atoms with E-state index in [0.29, 0.717) is 18.8 Å². The highest BCUT2D eigenvalue weighted by atomic mass is 16.6. The van der Waals surface area contributed by atoms with Gasteiger partial charge in [-0.05, 0) is 70.7 Å². The number of hydrogen-bond donors (Lipinski definition) is 1. The predicted octanol–water partition coefficient (Wildman–Crippen LogP) is 2.86. The number of piperidine rings is 2. The molecule has 0 spiro atoms. The Morgan fingerprint density at radius 1 is 1.03 bits per heavy atom. The van der Waals surface area contributed by atoms with E-state index in [4.69, 9.17) is 4.74 Å². The molecule has 1 unspecified atom stereocenters. The number of aromatic nitrogens is 2. The molecular weight excluding hydrogens is 496 g/mol. The first-order valence-corrected chi connectivity index (χ1v) is 14.3. The number of aryl methyl sites for hydroxylation is 1. The molecule has 1 N–H and O–H groups in total. The van der Waals surface area contributed by atoms with Gasteiger partial charge in [-0.1, -0.05) is 12.1 Å². The SMILES string of the molecule is Cn1nc(C2CCC(=O)NC2=O)c2ccc(CN3CCC(CN4CCN(C(=O)OC(C)(C)C)CC4)CC3)cc21. The number of rotatable bonds is 5. The lowest BCUT2D eigenvalue weighted by atomic mass is 9.92. The molecule has 3 aliphatic heterocycles. The molecule has 3 saturated heterocycles. The van der Waals surface area contributed by atoms with E-state index in [9.17, 15) is 14.4 Å². The van der Waals surface area contributed by atoms with E-state index in [1.54, 1.807) is 0 Å². The van der Waals surface area contributed by atoms with Crippen LogP contribution in [0, 0.1) is 5.92 Å². The Morgan fingerprint density at radius 2 is 1.74 bits per heavy atom. The summed E-state index contributed by atoms with van der Waals surface area (Å²) in [5.74, 6) is -0.145. The van der Waals surface area contributed by atoms with E-state index >= 15 is 0 Å². The van der Waals surface area contributed by atoms with Crippen LogP contribution in [-0.4, -0.2) is 93.8 Å². The van der Waals surface area contributed by atoms with E-state index in [0.717, 1.165) is 69.0 Å². The third-order valence-corrected chi connectivity index (χ3v) is 8.17. The minimum Gasteiger partial charge on any atom is -0.444 e. The monoisotopic (exact) mass is 538 g/mol. The number of ether oxygens (including phenoxy) is 1. The molecular formula is C29H42N6O4. The summed E-state index contributed by atoms with van der Waals surface area (Å²) in [5, 5.41) is 8.11. The molecule has 3 aliphatic rings. The van der Waals surface area contributed by atoms with Gasteiger partial charge in [0.05, 0.1) is 17.1 Å². The van der Waals surface area contributed by atoms with Gasteiger partial charge in [0.25, 0.3) is 0 Å². The minimum atomic E-state index is -0.454. The maximum absolute atomic E-state index is 12.4. The van der Waals surface area contributed by atoms with E-state index in [-0.39, 0.29) is 23.8 Å². The van der Waals surface area contributed by atoms with Gasteiger partial charge in [-0.3, -0.25) is 29.4 Å². The first kappa shape index (κ1) is 27.6. The van der Waals surface area contributed by atoms with Crippen molar-refractivity contribution in [2.24, 2.45) is 13.0 Å². The van der Waals surface area contributed by atoms with Crippen molar-refractivity contribution in [1.82, 2.24) is 29.8 Å². The maximum atomic E-state index is 12.4. The fourth-order valence-corrected chi connectivity index (χ4v) is 6.03. The van der Waals surface area contributed by atoms with Crippen LogP contribution in [-0.2, 0) is 27.9 Å². The molecule has 3 amide bonds. The second kappa shape index (κ2) is 11.3. The maximum Gasteiger partial charge on any atom is 0.410 e. The Balaban J connectivity index is 1.10. The first-order valence-electron chi connectivity index (χ1n) is 14.3. The number of benzene rings is 1. The van der Waals surface area contributed by atoms with Crippen molar-refractivity contribution in [2.45, 2.75) is 64.5 Å². The molecule has 4 heterocycles. The Morgan fingerprint density at radius 3 is 2.41 bits per heavy atom. The number of imide groups is 1. The van der Waals surface area contributed by atoms with Gasteiger partial charge in [0, 0.05) is 58.1 Å². The van der Waals surface area contributed by atoms with Crippen molar-refractivity contribution in [3.8, 4) is 0 Å². The molecule has 0 radical (unpaired) electrons. The second-order valence-electron chi connectivity index (χ2n) is 12.4. The topological polar surface area (TPSA) is 100 Å². The predicted molar refractivity (Wildman–Crippen MR) is 148 cm³/mol. The van der Waals surface area contributed by atoms with E-state index in [2.05, 4.69) is 38.4 Å². The van der Waals surface area contributed by atoms with Gasteiger partial charge >= 0.3 is 6.09 Å². The molecule has 0 aliphatic carbocycles. The van der Waals surface area contributed by atoms with Crippen LogP contribution in [0.15, 0.2) is 18.2 Å². The van der Waals surface area contributed by atoms with Crippen LogP contribution in [0.2, 0.25) is 0 Å². The number of carbonyl (C=O) groups excluding carboxylic acids is 3. The Hall–Kier alpha value is -2.98. The van der Waals surface area contributed by atoms with Crippen LogP contribution in [0.4, 0.5) is 4.79 Å². The summed E-state index contributed by atoms with van der Waals surface area (Å²) in [6, 6.07) is 6.42. The minimum absolute atomic E-state index is 0.202. The van der Waals surface area contributed by atoms with E-state index < -0.39 is 5.60 Å². The Bertz CT molecular complexity index is 1220. The van der Waals surface area contributed by atoms with Gasteiger partial charge in [0.2, 0.25) is 11.8 Å². The zero-order valence-electron chi connectivity index (χ0n) is 23.7. The average molecular weight is 539 g/mol. The van der Waals surface area contributed by atoms with Crippen molar-refractivity contribution in [3.05, 3.63) is 29.5 Å². The molecule has 5 rings (SSSR count). The summed E-state index contributed by atoms with van der Waals surface area (Å²) >= 11 is 0. The lowest BCUT2D eigenvalue weighted by Gasteiger charge is -2.39. The summed E-state index contributed by atoms with van der Waals surface area (Å²) < 4.78 is 7.37. The molecule has 2 aromatic rings. The zero-order chi connectivity index (χ0) is 27.7. The summed E-state index contributed by atoms with van der Waals surface area (Å²) in [6.07, 6.45) is 3.02. The summed E-state index contributed by atoms with van der Waals surface area (Å²) in [7, 11) is 1.92. The number of carbonyl (C=O) groups is 3. The molecule has 1 aromatic heterocycles. The number of piperazine rings is 1. The number of fused-ring (bicyclic) bond motifs is 1. The zero-order valence-corrected chi connectivity index (χ0v) is 23.7. The van der Waals surface area contributed by atoms with Crippen molar-refractivity contribution in [1.29, 1.82) is 0 Å². The summed E-state index contributed by atoms with van der Waals surface area (Å²) in [4.78, 5) is 43.2. The van der Waals surface area contributed by atoms with Gasteiger partial charge in [-0.25, -0.2) is 4.79 Å². The quantitative estimate of drug-likeness (QED) is 0.585. The number of nitrogens with zero attached hydrogens (tertiary/aromatic N) is 5. The normalized spacial score (nSPS) is 22.4. The van der Waals surface area contributed by atoms with Gasteiger partial charge in [0.1, 0.15) is 5.60 Å². The molecule has 1 aromatic carbocycles. The molecule has 10 nitrogen and oxygen atoms in total. The highest BCUT2D eigenvalue weighted by Crippen LogP contribution is 2.31. The van der Waals surface area contributed by atoms with Crippen molar-refractivity contribution >= 4 is 28.8 Å². The molecule has 0 bridgehead atoms. The molecule has 212 valence electrons. The lowest BCUT2D eigenvalue weighted by molar-refractivity contribution is -0.134. The van der Waals surface area contributed by atoms with Crippen LogP contribution in [0.25, 0.3) is 10.9 Å². The third-order valence-electron chi connectivity index (χ3n) is 8.17. The van der Waals surface area contributed by atoms with Crippen LogP contribution in [0.5, 0.6) is 0 Å². The highest BCUT2D eigenvalue weighted by molar-refractivity contribution is 6.02. The number of hydrogen-bond acceptors (Lipinski definition) is 7. The standard InChI is InChI=1S/C29H42N6O4/c1-29(2,3)39-28(38)35-15-13-34(14-16-35)18-20-9-11-33(12-10-20)19-21-5-6-22-24(17-21)32(4)31-26(22)23-7-8-25(36)30-27(23)37/h5-6,17,20,23H,7-16,18-19H2,1-4H3,(H,30,36,37). The van der Waals surface area contributed by atoms with Crippen LogP contribution in [0.1, 0.15) is 63.6 Å². The fourth-order valence-electron chi connectivity index (χ4n) is 6.03. The van der Waals surface area contributed by atoms with Crippen molar-refractivity contribution in [3.63, 3.8) is 0 Å². The van der Waals surface area contributed by atoms with Crippen molar-refractivity contribution in [2.75, 3.05) is 45.8 Å². The van der Waals surface area contributed by atoms with Crippen LogP contribution in [0.3, 0.4) is 0 Å². The second-order valence-corrected chi connectivity index (χ2v) is 12.4. The molecule has 39 heavy (non-hydrogen) atoms. The summed E-state index contributed by atoms with van der Waals surface area (Å²) in [5.41, 5.74) is 2.58. The molecule has 10 heteroatoms. The smallest absolute Gasteiger partial charge is 0.410 e. The highest BCUT2D eigenvalue weighted by Gasteiger charge is 2.32. The van der Waals surface area contributed by atoms with Crippen LogP contribution < -0.4 is 5.32 Å².